The fourth-order valence-corrected chi connectivity index (χ4v) is 2.58. The van der Waals surface area contributed by atoms with Crippen LogP contribution in [0.4, 0.5) is 0 Å². The van der Waals surface area contributed by atoms with Gasteiger partial charge in [0, 0.05) is 6.20 Å². The van der Waals surface area contributed by atoms with Crippen LogP contribution in [0, 0.1) is 0 Å². The lowest BCUT2D eigenvalue weighted by atomic mass is 10.1. The lowest BCUT2D eigenvalue weighted by molar-refractivity contribution is -0.141. The van der Waals surface area contributed by atoms with Gasteiger partial charge >= 0.3 is 5.97 Å². The Morgan fingerprint density at radius 2 is 1.90 bits per heavy atom. The van der Waals surface area contributed by atoms with Crippen LogP contribution in [0.1, 0.15) is 18.0 Å². The second-order valence-corrected chi connectivity index (χ2v) is 5.44. The molecule has 0 spiro atoms. The molecule has 0 radical (unpaired) electrons. The van der Waals surface area contributed by atoms with Gasteiger partial charge in [0.1, 0.15) is 11.1 Å². The van der Waals surface area contributed by atoms with E-state index in [2.05, 4.69) is 0 Å². The molecule has 1 atom stereocenters. The molecule has 0 aliphatic rings. The maximum atomic E-state index is 12.0. The monoisotopic (exact) mass is 325 g/mol. The normalized spacial score (nSPS) is 12.1. The van der Waals surface area contributed by atoms with Crippen molar-refractivity contribution in [2.24, 2.45) is 0 Å². The van der Waals surface area contributed by atoms with Crippen LogP contribution in [0.2, 0.25) is 10.0 Å². The molecule has 4 nitrogen and oxygen atoms in total. The zero-order valence-electron chi connectivity index (χ0n) is 11.0. The fourth-order valence-electron chi connectivity index (χ4n) is 2.10. The number of carboxylic acids is 1. The van der Waals surface area contributed by atoms with E-state index in [9.17, 15) is 14.7 Å². The quantitative estimate of drug-likeness (QED) is 0.916. The maximum Gasteiger partial charge on any atom is 0.326 e. The number of nitrogens with zero attached hydrogens (tertiary/aromatic N) is 1. The summed E-state index contributed by atoms with van der Waals surface area (Å²) in [5, 5.41) is 9.50. The topological polar surface area (TPSA) is 59.3 Å². The first-order valence-corrected chi connectivity index (χ1v) is 7.08. The van der Waals surface area contributed by atoms with Gasteiger partial charge in [-0.25, -0.2) is 4.79 Å². The molecule has 0 saturated carbocycles. The number of carbonyl (C=O) groups is 1. The van der Waals surface area contributed by atoms with Crippen molar-refractivity contribution in [2.75, 3.05) is 0 Å². The molecule has 0 aliphatic carbocycles. The van der Waals surface area contributed by atoms with Gasteiger partial charge < -0.3 is 5.11 Å². The minimum absolute atomic E-state index is 0.0894. The van der Waals surface area contributed by atoms with Crippen LogP contribution in [0.3, 0.4) is 0 Å². The van der Waals surface area contributed by atoms with Gasteiger partial charge in [0.05, 0.1) is 5.02 Å². The molecule has 1 aromatic carbocycles. The highest BCUT2D eigenvalue weighted by Gasteiger charge is 2.21. The molecular formula is C15H13Cl2NO3. The van der Waals surface area contributed by atoms with E-state index in [4.69, 9.17) is 23.2 Å². The summed E-state index contributed by atoms with van der Waals surface area (Å²) in [6, 6.07) is 9.77. The number of carboxylic acid groups (broad SMARTS) is 1. The van der Waals surface area contributed by atoms with Crippen LogP contribution < -0.4 is 5.56 Å². The van der Waals surface area contributed by atoms with Gasteiger partial charge in [0.25, 0.3) is 5.56 Å². The van der Waals surface area contributed by atoms with E-state index in [-0.39, 0.29) is 16.5 Å². The number of rotatable bonds is 5. The Hall–Kier alpha value is -1.78. The van der Waals surface area contributed by atoms with Gasteiger partial charge in [0.15, 0.2) is 0 Å². The van der Waals surface area contributed by atoms with E-state index in [0.29, 0.717) is 6.42 Å². The molecule has 110 valence electrons. The third kappa shape index (κ3) is 3.86. The van der Waals surface area contributed by atoms with E-state index in [0.717, 1.165) is 10.1 Å². The molecule has 1 aromatic heterocycles. The molecule has 0 aliphatic heterocycles. The van der Waals surface area contributed by atoms with E-state index >= 15 is 0 Å². The number of aryl methyl sites for hydroxylation is 1. The number of aromatic nitrogens is 1. The number of pyridine rings is 1. The molecule has 0 amide bonds. The summed E-state index contributed by atoms with van der Waals surface area (Å²) in [7, 11) is 0. The molecule has 1 unspecified atom stereocenters. The summed E-state index contributed by atoms with van der Waals surface area (Å²) >= 11 is 11.6. The standard InChI is InChI=1S/C15H13Cl2NO3/c16-11-8-12(17)14(19)18(9-11)13(15(20)21)7-6-10-4-2-1-3-5-10/h1-5,8-9,13H,6-7H2,(H,20,21). The van der Waals surface area contributed by atoms with Crippen molar-refractivity contribution in [1.82, 2.24) is 4.57 Å². The summed E-state index contributed by atoms with van der Waals surface area (Å²) in [5.41, 5.74) is 0.450. The third-order valence-corrected chi connectivity index (χ3v) is 3.61. The summed E-state index contributed by atoms with van der Waals surface area (Å²) in [6.45, 7) is 0. The smallest absolute Gasteiger partial charge is 0.326 e. The Morgan fingerprint density at radius 1 is 1.24 bits per heavy atom. The van der Waals surface area contributed by atoms with Crippen molar-refractivity contribution in [3.05, 3.63) is 68.6 Å². The van der Waals surface area contributed by atoms with Crippen LogP contribution in [-0.4, -0.2) is 15.6 Å². The maximum absolute atomic E-state index is 12.0. The first-order valence-electron chi connectivity index (χ1n) is 6.33. The second-order valence-electron chi connectivity index (χ2n) is 4.60. The first kappa shape index (κ1) is 15.6. The Kier molecular flexibility index (Phi) is 5.04. The predicted molar refractivity (Wildman–Crippen MR) is 82.2 cm³/mol. The Bertz CT molecular complexity index is 698. The van der Waals surface area contributed by atoms with Gasteiger partial charge in [-0.2, -0.15) is 0 Å². The van der Waals surface area contributed by atoms with Gasteiger partial charge in [-0.3, -0.25) is 9.36 Å². The summed E-state index contributed by atoms with van der Waals surface area (Å²) in [6.07, 6.45) is 2.11. The second kappa shape index (κ2) is 6.78. The fraction of sp³-hybridized carbons (Fsp3) is 0.200. The van der Waals surface area contributed by atoms with Crippen molar-refractivity contribution in [1.29, 1.82) is 0 Å². The SMILES string of the molecule is O=C(O)C(CCc1ccccc1)n1cc(Cl)cc(Cl)c1=O. The highest BCUT2D eigenvalue weighted by atomic mass is 35.5. The van der Waals surface area contributed by atoms with Crippen LogP contribution in [0.15, 0.2) is 47.4 Å². The van der Waals surface area contributed by atoms with E-state index in [1.165, 1.54) is 12.3 Å². The average Bonchev–Trinajstić information content (AvgIpc) is 2.45. The molecule has 0 saturated heterocycles. The van der Waals surface area contributed by atoms with Crippen molar-refractivity contribution in [2.45, 2.75) is 18.9 Å². The Morgan fingerprint density at radius 3 is 2.52 bits per heavy atom. The molecule has 1 N–H and O–H groups in total. The molecular weight excluding hydrogens is 313 g/mol. The van der Waals surface area contributed by atoms with E-state index in [1.807, 2.05) is 30.3 Å². The van der Waals surface area contributed by atoms with Gasteiger partial charge in [-0.15, -0.1) is 0 Å². The Labute approximate surface area is 131 Å². The predicted octanol–water partition coefficient (Wildman–Crippen LogP) is 3.41. The summed E-state index contributed by atoms with van der Waals surface area (Å²) in [4.78, 5) is 23.4. The number of aliphatic carboxylic acids is 1. The Balaban J connectivity index is 2.28. The first-order chi connectivity index (χ1) is 9.99. The van der Waals surface area contributed by atoms with Crippen molar-refractivity contribution in [3.63, 3.8) is 0 Å². The minimum Gasteiger partial charge on any atom is -0.480 e. The molecule has 0 bridgehead atoms. The van der Waals surface area contributed by atoms with Crippen LogP contribution in [0.5, 0.6) is 0 Å². The minimum atomic E-state index is -1.09. The van der Waals surface area contributed by atoms with Gasteiger partial charge in [-0.05, 0) is 24.5 Å². The molecule has 6 heteroatoms. The highest BCUT2D eigenvalue weighted by Crippen LogP contribution is 2.19. The molecule has 1 heterocycles. The summed E-state index contributed by atoms with van der Waals surface area (Å²) < 4.78 is 1.08. The zero-order valence-corrected chi connectivity index (χ0v) is 12.5. The van der Waals surface area contributed by atoms with Crippen molar-refractivity contribution >= 4 is 29.2 Å². The van der Waals surface area contributed by atoms with Crippen LogP contribution in [0.25, 0.3) is 0 Å². The molecule has 0 fully saturated rings. The van der Waals surface area contributed by atoms with E-state index in [1.54, 1.807) is 0 Å². The number of halogens is 2. The van der Waals surface area contributed by atoms with E-state index < -0.39 is 17.6 Å². The third-order valence-electron chi connectivity index (χ3n) is 3.14. The average molecular weight is 326 g/mol. The van der Waals surface area contributed by atoms with Crippen LogP contribution >= 0.6 is 23.2 Å². The number of hydrogen-bond acceptors (Lipinski definition) is 2. The van der Waals surface area contributed by atoms with Gasteiger partial charge in [0.2, 0.25) is 0 Å². The van der Waals surface area contributed by atoms with Crippen molar-refractivity contribution in [3.8, 4) is 0 Å². The van der Waals surface area contributed by atoms with Crippen LogP contribution in [-0.2, 0) is 11.2 Å². The number of hydrogen-bond donors (Lipinski definition) is 1. The molecule has 2 rings (SSSR count). The lowest BCUT2D eigenvalue weighted by Gasteiger charge is -2.16. The summed E-state index contributed by atoms with van der Waals surface area (Å²) in [5.74, 6) is -1.09. The molecule has 2 aromatic rings. The largest absolute Gasteiger partial charge is 0.480 e. The lowest BCUT2D eigenvalue weighted by Crippen LogP contribution is -2.30. The zero-order chi connectivity index (χ0) is 15.4. The van der Waals surface area contributed by atoms with Crippen molar-refractivity contribution < 1.29 is 9.90 Å². The molecule has 21 heavy (non-hydrogen) atoms. The van der Waals surface area contributed by atoms with Gasteiger partial charge in [-0.1, -0.05) is 53.5 Å². The highest BCUT2D eigenvalue weighted by molar-refractivity contribution is 6.34. The number of benzene rings is 1.